The number of carbonyl (C=O) groups excluding carboxylic acids is 1. The molecule has 0 bridgehead atoms. The number of carboxylic acids is 1. The van der Waals surface area contributed by atoms with Crippen LogP contribution in [0.2, 0.25) is 0 Å². The van der Waals surface area contributed by atoms with Gasteiger partial charge in [-0.25, -0.2) is 4.79 Å². The average molecular weight is 374 g/mol. The van der Waals surface area contributed by atoms with E-state index in [0.29, 0.717) is 11.3 Å². The number of hydrogen-bond acceptors (Lipinski definition) is 4. The van der Waals surface area contributed by atoms with Crippen molar-refractivity contribution < 1.29 is 24.5 Å². The minimum Gasteiger partial charge on any atom is -0.507 e. The van der Waals surface area contributed by atoms with Gasteiger partial charge in [-0.15, -0.1) is 0 Å². The first-order valence-electron chi connectivity index (χ1n) is 8.59. The Bertz CT molecular complexity index is 1000. The van der Waals surface area contributed by atoms with Crippen LogP contribution < -0.4 is 4.74 Å². The lowest BCUT2D eigenvalue weighted by Gasteiger charge is -2.11. The summed E-state index contributed by atoms with van der Waals surface area (Å²) in [5.74, 6) is -1.30. The lowest BCUT2D eigenvalue weighted by molar-refractivity contribution is 0.0696. The number of ether oxygens (including phenoxy) is 1. The maximum absolute atomic E-state index is 12.6. The molecule has 0 saturated heterocycles. The van der Waals surface area contributed by atoms with Crippen molar-refractivity contribution in [3.63, 3.8) is 0 Å². The lowest BCUT2D eigenvalue weighted by Crippen LogP contribution is -2.03. The van der Waals surface area contributed by atoms with Crippen molar-refractivity contribution in [3.05, 3.63) is 101 Å². The Hall–Kier alpha value is -3.86. The Morgan fingerprint density at radius 3 is 2.29 bits per heavy atom. The van der Waals surface area contributed by atoms with E-state index in [-0.39, 0.29) is 23.5 Å². The Labute approximate surface area is 162 Å². The fourth-order valence-corrected chi connectivity index (χ4v) is 2.61. The summed E-state index contributed by atoms with van der Waals surface area (Å²) in [4.78, 5) is 23.5. The third-order valence-electron chi connectivity index (χ3n) is 4.07. The molecular formula is C23H18O5. The van der Waals surface area contributed by atoms with Gasteiger partial charge >= 0.3 is 5.97 Å². The van der Waals surface area contributed by atoms with E-state index < -0.39 is 11.8 Å². The first-order valence-corrected chi connectivity index (χ1v) is 8.59. The van der Waals surface area contributed by atoms with Crippen molar-refractivity contribution in [2.45, 2.75) is 6.61 Å². The molecule has 3 rings (SSSR count). The van der Waals surface area contributed by atoms with Gasteiger partial charge in [0.05, 0.1) is 5.56 Å². The molecule has 0 aliphatic rings. The highest BCUT2D eigenvalue weighted by Gasteiger charge is 2.15. The summed E-state index contributed by atoms with van der Waals surface area (Å²) in [5, 5.41) is 19.1. The van der Waals surface area contributed by atoms with Crippen LogP contribution in [-0.4, -0.2) is 22.0 Å². The van der Waals surface area contributed by atoms with Crippen molar-refractivity contribution in [3.8, 4) is 11.5 Å². The van der Waals surface area contributed by atoms with E-state index in [2.05, 4.69) is 0 Å². The molecule has 0 fully saturated rings. The molecule has 140 valence electrons. The Morgan fingerprint density at radius 2 is 1.61 bits per heavy atom. The van der Waals surface area contributed by atoms with Crippen LogP contribution >= 0.6 is 0 Å². The van der Waals surface area contributed by atoms with Gasteiger partial charge in [-0.3, -0.25) is 4.79 Å². The monoisotopic (exact) mass is 374 g/mol. The standard InChI is InChI=1S/C23H18O5/c24-19-7-4-8-21(28-15-17-5-2-1-3-6-17)22(19)20(25)14-11-16-9-12-18(13-10-16)23(26)27/h1-14,24H,15H2,(H,26,27)/b14-11+. The molecule has 0 radical (unpaired) electrons. The molecule has 0 atom stereocenters. The van der Waals surface area contributed by atoms with Crippen molar-refractivity contribution in [1.29, 1.82) is 0 Å². The van der Waals surface area contributed by atoms with Gasteiger partial charge in [-0.05, 0) is 41.5 Å². The molecule has 3 aromatic rings. The number of allylic oxidation sites excluding steroid dienone is 1. The van der Waals surface area contributed by atoms with Gasteiger partial charge in [0.2, 0.25) is 0 Å². The minimum atomic E-state index is -1.01. The van der Waals surface area contributed by atoms with Gasteiger partial charge in [0.25, 0.3) is 0 Å². The van der Waals surface area contributed by atoms with Gasteiger partial charge in [-0.2, -0.15) is 0 Å². The van der Waals surface area contributed by atoms with Crippen molar-refractivity contribution in [2.75, 3.05) is 0 Å². The second-order valence-corrected chi connectivity index (χ2v) is 6.05. The fourth-order valence-electron chi connectivity index (χ4n) is 2.61. The normalized spacial score (nSPS) is 10.7. The molecular weight excluding hydrogens is 356 g/mol. The van der Waals surface area contributed by atoms with E-state index in [1.165, 1.54) is 24.3 Å². The Morgan fingerprint density at radius 1 is 0.893 bits per heavy atom. The van der Waals surface area contributed by atoms with Crippen LogP contribution in [-0.2, 0) is 6.61 Å². The molecule has 0 amide bonds. The zero-order valence-electron chi connectivity index (χ0n) is 14.9. The van der Waals surface area contributed by atoms with Crippen LogP contribution in [0.3, 0.4) is 0 Å². The number of phenolic OH excluding ortho intramolecular Hbond substituents is 1. The molecule has 0 aliphatic heterocycles. The number of ketones is 1. The second-order valence-electron chi connectivity index (χ2n) is 6.05. The predicted molar refractivity (Wildman–Crippen MR) is 106 cm³/mol. The number of aromatic hydroxyl groups is 1. The molecule has 0 unspecified atom stereocenters. The molecule has 0 heterocycles. The van der Waals surface area contributed by atoms with Crippen LogP contribution in [0.5, 0.6) is 11.5 Å². The number of carbonyl (C=O) groups is 2. The number of hydrogen-bond donors (Lipinski definition) is 2. The van der Waals surface area contributed by atoms with Crippen molar-refractivity contribution in [1.82, 2.24) is 0 Å². The molecule has 28 heavy (non-hydrogen) atoms. The van der Waals surface area contributed by atoms with E-state index in [0.717, 1.165) is 5.56 Å². The molecule has 3 aromatic carbocycles. The molecule has 0 aromatic heterocycles. The number of carboxylic acid groups (broad SMARTS) is 1. The zero-order valence-corrected chi connectivity index (χ0v) is 14.9. The van der Waals surface area contributed by atoms with E-state index in [4.69, 9.17) is 9.84 Å². The van der Waals surface area contributed by atoms with Crippen LogP contribution in [0.1, 0.15) is 31.8 Å². The van der Waals surface area contributed by atoms with Gasteiger partial charge in [0.15, 0.2) is 5.78 Å². The molecule has 0 aliphatic carbocycles. The van der Waals surface area contributed by atoms with E-state index in [9.17, 15) is 14.7 Å². The highest BCUT2D eigenvalue weighted by Crippen LogP contribution is 2.29. The number of aromatic carboxylic acids is 1. The zero-order chi connectivity index (χ0) is 19.9. The third-order valence-corrected chi connectivity index (χ3v) is 4.07. The summed E-state index contributed by atoms with van der Waals surface area (Å²) < 4.78 is 5.74. The molecule has 2 N–H and O–H groups in total. The van der Waals surface area contributed by atoms with E-state index in [1.807, 2.05) is 30.3 Å². The minimum absolute atomic E-state index is 0.0804. The number of benzene rings is 3. The second kappa shape index (κ2) is 8.68. The Kier molecular flexibility index (Phi) is 5.87. The largest absolute Gasteiger partial charge is 0.507 e. The molecule has 0 spiro atoms. The third kappa shape index (κ3) is 4.65. The molecule has 0 saturated carbocycles. The van der Waals surface area contributed by atoms with Gasteiger partial charge in [0, 0.05) is 0 Å². The summed E-state index contributed by atoms with van der Waals surface area (Å²) in [6.07, 6.45) is 2.88. The van der Waals surface area contributed by atoms with Gasteiger partial charge < -0.3 is 14.9 Å². The number of phenols is 1. The smallest absolute Gasteiger partial charge is 0.335 e. The van der Waals surface area contributed by atoms with Crippen LogP contribution in [0.4, 0.5) is 0 Å². The maximum Gasteiger partial charge on any atom is 0.335 e. The van der Waals surface area contributed by atoms with Crippen LogP contribution in [0.15, 0.2) is 78.9 Å². The van der Waals surface area contributed by atoms with Gasteiger partial charge in [-0.1, -0.05) is 54.6 Å². The summed E-state index contributed by atoms with van der Waals surface area (Å²) >= 11 is 0. The van der Waals surface area contributed by atoms with Crippen molar-refractivity contribution in [2.24, 2.45) is 0 Å². The first-order chi connectivity index (χ1) is 13.5. The summed E-state index contributed by atoms with van der Waals surface area (Å²) in [7, 11) is 0. The highest BCUT2D eigenvalue weighted by molar-refractivity contribution is 6.10. The van der Waals surface area contributed by atoms with E-state index >= 15 is 0 Å². The summed E-state index contributed by atoms with van der Waals surface area (Å²) in [6.45, 7) is 0.269. The van der Waals surface area contributed by atoms with Gasteiger partial charge in [0.1, 0.15) is 23.7 Å². The quantitative estimate of drug-likeness (QED) is 0.468. The van der Waals surface area contributed by atoms with E-state index in [1.54, 1.807) is 30.3 Å². The first kappa shape index (κ1) is 18.9. The van der Waals surface area contributed by atoms with Crippen LogP contribution in [0.25, 0.3) is 6.08 Å². The average Bonchev–Trinajstić information content (AvgIpc) is 2.71. The topological polar surface area (TPSA) is 83.8 Å². The maximum atomic E-state index is 12.6. The Balaban J connectivity index is 1.78. The predicted octanol–water partition coefficient (Wildman–Crippen LogP) is 4.57. The molecule has 5 heteroatoms. The van der Waals surface area contributed by atoms with Crippen molar-refractivity contribution >= 4 is 17.8 Å². The SMILES string of the molecule is O=C(O)c1ccc(/C=C/C(=O)c2c(O)cccc2OCc2ccccc2)cc1. The highest BCUT2D eigenvalue weighted by atomic mass is 16.5. The lowest BCUT2D eigenvalue weighted by atomic mass is 10.1. The molecule has 5 nitrogen and oxygen atoms in total. The number of rotatable bonds is 7. The van der Waals surface area contributed by atoms with Crippen LogP contribution in [0, 0.1) is 0 Å². The summed E-state index contributed by atoms with van der Waals surface area (Å²) in [6, 6.07) is 20.3. The summed E-state index contributed by atoms with van der Waals surface area (Å²) in [5.41, 5.74) is 1.86. The fraction of sp³-hybridized carbons (Fsp3) is 0.0435.